The van der Waals surface area contributed by atoms with Gasteiger partial charge in [-0.15, -0.1) is 0 Å². The lowest BCUT2D eigenvalue weighted by Gasteiger charge is -2.26. The molecule has 0 bridgehead atoms. The van der Waals surface area contributed by atoms with Crippen LogP contribution in [0.15, 0.2) is 32.1 Å². The Balaban J connectivity index is 1.82. The lowest BCUT2D eigenvalue weighted by molar-refractivity contribution is -0.116. The van der Waals surface area contributed by atoms with E-state index in [-0.39, 0.29) is 16.8 Å². The molecule has 1 fully saturated rings. The number of sulfonamides is 1. The van der Waals surface area contributed by atoms with Crippen molar-refractivity contribution in [3.63, 3.8) is 0 Å². The van der Waals surface area contributed by atoms with Crippen molar-refractivity contribution in [2.45, 2.75) is 44.0 Å². The molecule has 0 saturated carbocycles. The second-order valence-corrected chi connectivity index (χ2v) is 9.74. The van der Waals surface area contributed by atoms with E-state index in [0.29, 0.717) is 47.5 Å². The van der Waals surface area contributed by atoms with Gasteiger partial charge in [-0.2, -0.15) is 4.31 Å². The number of carbonyl (C=O) groups is 1. The van der Waals surface area contributed by atoms with Gasteiger partial charge in [0, 0.05) is 30.6 Å². The van der Waals surface area contributed by atoms with Gasteiger partial charge in [0.1, 0.15) is 16.3 Å². The number of carbonyl (C=O) groups excluding carboxylic acids is 1. The SMILES string of the molecule is CC(=O)N1CCc2cc(Br)cc(S(=O)(=O)N3CCC[C@@H]3c3cc(C)on3)c21. The lowest BCUT2D eigenvalue weighted by atomic mass is 10.1. The summed E-state index contributed by atoms with van der Waals surface area (Å²) >= 11 is 3.42. The minimum absolute atomic E-state index is 0.155. The van der Waals surface area contributed by atoms with Crippen molar-refractivity contribution in [1.29, 1.82) is 0 Å². The number of halogens is 1. The molecule has 2 aliphatic rings. The van der Waals surface area contributed by atoms with E-state index >= 15 is 0 Å². The van der Waals surface area contributed by atoms with E-state index in [2.05, 4.69) is 21.1 Å². The summed E-state index contributed by atoms with van der Waals surface area (Å²) in [6.07, 6.45) is 2.09. The molecule has 2 aliphatic heterocycles. The number of fused-ring (bicyclic) bond motifs is 1. The van der Waals surface area contributed by atoms with Gasteiger partial charge in [-0.1, -0.05) is 21.1 Å². The van der Waals surface area contributed by atoms with E-state index < -0.39 is 10.0 Å². The zero-order chi connectivity index (χ0) is 19.3. The first kappa shape index (κ1) is 18.6. The molecular formula is C18H20BrN3O4S. The van der Waals surface area contributed by atoms with Crippen molar-refractivity contribution in [3.05, 3.63) is 39.7 Å². The van der Waals surface area contributed by atoms with Crippen LogP contribution < -0.4 is 4.90 Å². The van der Waals surface area contributed by atoms with Crippen LogP contribution in [0.25, 0.3) is 0 Å². The molecule has 1 saturated heterocycles. The first-order chi connectivity index (χ1) is 12.8. The van der Waals surface area contributed by atoms with Crippen molar-refractivity contribution in [2.75, 3.05) is 18.0 Å². The van der Waals surface area contributed by atoms with Gasteiger partial charge in [0.25, 0.3) is 0 Å². The van der Waals surface area contributed by atoms with Crippen LogP contribution in [-0.4, -0.2) is 36.9 Å². The number of benzene rings is 1. The molecule has 0 aliphatic carbocycles. The molecule has 144 valence electrons. The Kier molecular flexibility index (Phi) is 4.64. The predicted molar refractivity (Wildman–Crippen MR) is 103 cm³/mol. The highest BCUT2D eigenvalue weighted by Crippen LogP contribution is 2.42. The summed E-state index contributed by atoms with van der Waals surface area (Å²) in [6, 6.07) is 4.92. The van der Waals surface area contributed by atoms with Crippen LogP contribution in [0.3, 0.4) is 0 Å². The first-order valence-corrected chi connectivity index (χ1v) is 11.1. The number of anilines is 1. The van der Waals surface area contributed by atoms with Crippen molar-refractivity contribution in [1.82, 2.24) is 9.46 Å². The first-order valence-electron chi connectivity index (χ1n) is 8.84. The molecule has 9 heteroatoms. The van der Waals surface area contributed by atoms with Crippen LogP contribution in [0.5, 0.6) is 0 Å². The number of hydrogen-bond acceptors (Lipinski definition) is 5. The fourth-order valence-electron chi connectivity index (χ4n) is 3.97. The van der Waals surface area contributed by atoms with E-state index in [9.17, 15) is 13.2 Å². The van der Waals surface area contributed by atoms with E-state index in [1.807, 2.05) is 6.07 Å². The molecule has 7 nitrogen and oxygen atoms in total. The summed E-state index contributed by atoms with van der Waals surface area (Å²) in [5, 5.41) is 4.03. The van der Waals surface area contributed by atoms with E-state index in [0.717, 1.165) is 12.0 Å². The molecule has 2 aromatic rings. The summed E-state index contributed by atoms with van der Waals surface area (Å²) < 4.78 is 34.6. The van der Waals surface area contributed by atoms with Crippen LogP contribution >= 0.6 is 15.9 Å². The zero-order valence-corrected chi connectivity index (χ0v) is 17.5. The molecule has 1 aromatic heterocycles. The fourth-order valence-corrected chi connectivity index (χ4v) is 6.56. The van der Waals surface area contributed by atoms with E-state index in [1.165, 1.54) is 11.2 Å². The monoisotopic (exact) mass is 453 g/mol. The zero-order valence-electron chi connectivity index (χ0n) is 15.1. The third-order valence-electron chi connectivity index (χ3n) is 5.15. The average molecular weight is 454 g/mol. The highest BCUT2D eigenvalue weighted by Gasteiger charge is 2.41. The summed E-state index contributed by atoms with van der Waals surface area (Å²) in [5.41, 5.74) is 2.00. The topological polar surface area (TPSA) is 83.7 Å². The quantitative estimate of drug-likeness (QED) is 0.712. The smallest absolute Gasteiger partial charge is 0.245 e. The van der Waals surface area contributed by atoms with Crippen LogP contribution in [0.1, 0.15) is 42.8 Å². The van der Waals surface area contributed by atoms with Gasteiger partial charge in [-0.25, -0.2) is 8.42 Å². The minimum Gasteiger partial charge on any atom is -0.361 e. The number of aryl methyl sites for hydroxylation is 1. The van der Waals surface area contributed by atoms with Gasteiger partial charge in [-0.05, 0) is 43.9 Å². The van der Waals surface area contributed by atoms with Gasteiger partial charge in [0.15, 0.2) is 0 Å². The number of rotatable bonds is 3. The molecule has 0 spiro atoms. The molecule has 0 N–H and O–H groups in total. The molecule has 4 rings (SSSR count). The van der Waals surface area contributed by atoms with Crippen molar-refractivity contribution >= 4 is 37.5 Å². The number of aromatic nitrogens is 1. The molecule has 1 amide bonds. The summed E-state index contributed by atoms with van der Waals surface area (Å²) in [6.45, 7) is 4.16. The Bertz CT molecular complexity index is 1020. The average Bonchev–Trinajstić information content (AvgIpc) is 3.31. The molecular weight excluding hydrogens is 434 g/mol. The maximum absolute atomic E-state index is 13.6. The third kappa shape index (κ3) is 3.11. The van der Waals surface area contributed by atoms with Crippen LogP contribution in [0, 0.1) is 6.92 Å². The van der Waals surface area contributed by atoms with E-state index in [1.54, 1.807) is 24.0 Å². The van der Waals surface area contributed by atoms with Crippen molar-refractivity contribution < 1.29 is 17.7 Å². The summed E-state index contributed by atoms with van der Waals surface area (Å²) in [4.78, 5) is 13.8. The van der Waals surface area contributed by atoms with Gasteiger partial charge < -0.3 is 9.42 Å². The van der Waals surface area contributed by atoms with Gasteiger partial charge in [0.2, 0.25) is 15.9 Å². The van der Waals surface area contributed by atoms with Crippen LogP contribution in [0.4, 0.5) is 5.69 Å². The fraction of sp³-hybridized carbons (Fsp3) is 0.444. The molecule has 0 unspecified atom stereocenters. The Morgan fingerprint density at radius 1 is 1.30 bits per heavy atom. The Morgan fingerprint density at radius 2 is 2.07 bits per heavy atom. The van der Waals surface area contributed by atoms with Crippen LogP contribution in [0.2, 0.25) is 0 Å². The Labute approximate surface area is 166 Å². The van der Waals surface area contributed by atoms with Crippen LogP contribution in [-0.2, 0) is 21.2 Å². The van der Waals surface area contributed by atoms with Crippen molar-refractivity contribution in [2.24, 2.45) is 0 Å². The summed E-state index contributed by atoms with van der Waals surface area (Å²) in [5.74, 6) is 0.498. The van der Waals surface area contributed by atoms with Gasteiger partial charge in [-0.3, -0.25) is 4.79 Å². The largest absolute Gasteiger partial charge is 0.361 e. The van der Waals surface area contributed by atoms with Gasteiger partial charge in [0.05, 0.1) is 11.7 Å². The van der Waals surface area contributed by atoms with Crippen molar-refractivity contribution in [3.8, 4) is 0 Å². The number of hydrogen-bond donors (Lipinski definition) is 0. The van der Waals surface area contributed by atoms with Gasteiger partial charge >= 0.3 is 0 Å². The molecule has 0 radical (unpaired) electrons. The van der Waals surface area contributed by atoms with E-state index in [4.69, 9.17) is 4.52 Å². The lowest BCUT2D eigenvalue weighted by Crippen LogP contribution is -2.33. The Hall–Kier alpha value is -1.71. The molecule has 1 atom stereocenters. The number of amides is 1. The second-order valence-electron chi connectivity index (χ2n) is 6.97. The maximum atomic E-state index is 13.6. The minimum atomic E-state index is -3.81. The summed E-state index contributed by atoms with van der Waals surface area (Å²) in [7, 11) is -3.81. The standard InChI is InChI=1S/C18H20BrN3O4S/c1-11-8-15(20-26-11)16-4-3-6-22(16)27(24,25)17-10-14(19)9-13-5-7-21(12(2)23)18(13)17/h8-10,16H,3-7H2,1-2H3/t16-/m1/s1. The molecule has 27 heavy (non-hydrogen) atoms. The molecule has 1 aromatic carbocycles. The highest BCUT2D eigenvalue weighted by atomic mass is 79.9. The molecule has 3 heterocycles. The number of nitrogens with zero attached hydrogens (tertiary/aromatic N) is 3. The highest BCUT2D eigenvalue weighted by molar-refractivity contribution is 9.10. The predicted octanol–water partition coefficient (Wildman–Crippen LogP) is 3.18. The second kappa shape index (κ2) is 6.72. The third-order valence-corrected chi connectivity index (χ3v) is 7.53. The normalized spacial score (nSPS) is 20.3. The Morgan fingerprint density at radius 3 is 2.74 bits per heavy atom. The maximum Gasteiger partial charge on any atom is 0.245 e.